The summed E-state index contributed by atoms with van der Waals surface area (Å²) in [6.45, 7) is 0. The van der Waals surface area contributed by atoms with Crippen molar-refractivity contribution in [3.63, 3.8) is 0 Å². The third-order valence-corrected chi connectivity index (χ3v) is 0.862. The van der Waals surface area contributed by atoms with Crippen molar-refractivity contribution in [2.75, 3.05) is 0 Å². The van der Waals surface area contributed by atoms with E-state index in [1.54, 1.807) is 24.3 Å². The molecule has 1 rings (SSSR count). The normalized spacial score (nSPS) is 8.62. The average Bonchev–Trinajstić information content (AvgIpc) is 1.90. The van der Waals surface area contributed by atoms with Crippen molar-refractivity contribution in [2.45, 2.75) is 0 Å². The fourth-order valence-corrected chi connectivity index (χ4v) is 0.489. The van der Waals surface area contributed by atoms with Crippen molar-refractivity contribution >= 4 is 0 Å². The number of aromatic hydroxyl groups is 1. The molecule has 0 unspecified atom stereocenters. The van der Waals surface area contributed by atoms with E-state index in [0.717, 1.165) is 0 Å². The van der Waals surface area contributed by atoms with E-state index in [4.69, 9.17) is 0 Å². The highest BCUT2D eigenvalue weighted by Gasteiger charge is 1.84. The lowest BCUT2D eigenvalue weighted by atomic mass is 10.3. The summed E-state index contributed by atoms with van der Waals surface area (Å²) in [5.74, 6) is 0.479. The standard InChI is InChI=1S/C6H6O2/c7-8-6-4-2-1-3-5-6/h1-5,8H. The summed E-state index contributed by atoms with van der Waals surface area (Å²) in [5, 5.41) is 9.76. The van der Waals surface area contributed by atoms with Gasteiger partial charge in [0.1, 0.15) is 0 Å². The first kappa shape index (κ1) is 5.12. The van der Waals surface area contributed by atoms with Crippen LogP contribution in [0.3, 0.4) is 0 Å². The highest BCUT2D eigenvalue weighted by atomic mass is 17.1. The van der Waals surface area contributed by atoms with E-state index >= 15 is 0 Å². The molecule has 1 aromatic carbocycles. The first-order valence-electron chi connectivity index (χ1n) is 2.32. The number of para-hydroxylation sites is 1. The summed E-state index contributed by atoms with van der Waals surface area (Å²) in [6.07, 6.45) is 0. The molecule has 0 bridgehead atoms. The number of hydrogen-bond donors (Lipinski definition) is 0. The molecule has 0 radical (unpaired) electrons. The van der Waals surface area contributed by atoms with Crippen molar-refractivity contribution < 1.29 is 10.1 Å². The Morgan fingerprint density at radius 3 is 2.12 bits per heavy atom. The topological polar surface area (TPSA) is 35.9 Å². The van der Waals surface area contributed by atoms with Gasteiger partial charge in [-0.1, -0.05) is 18.2 Å². The second-order valence-electron chi connectivity index (χ2n) is 1.43. The van der Waals surface area contributed by atoms with Gasteiger partial charge in [-0.2, -0.15) is 0 Å². The smallest absolute Gasteiger partial charge is 0.264 e. The van der Waals surface area contributed by atoms with Crippen LogP contribution in [-0.4, -0.2) is 4.89 Å². The summed E-state index contributed by atoms with van der Waals surface area (Å²) in [5.41, 5.74) is 0. The van der Waals surface area contributed by atoms with E-state index in [-0.39, 0.29) is 0 Å². The summed E-state index contributed by atoms with van der Waals surface area (Å²) in [6, 6.07) is 8.71. The number of rotatable bonds is 1. The maximum absolute atomic E-state index is 9.76. The van der Waals surface area contributed by atoms with Crippen LogP contribution in [0.25, 0.3) is 0 Å². The Hall–Kier alpha value is -1.02. The summed E-state index contributed by atoms with van der Waals surface area (Å²) in [7, 11) is 0. The predicted octanol–water partition coefficient (Wildman–Crippen LogP) is 0.203. The van der Waals surface area contributed by atoms with Gasteiger partial charge >= 0.3 is 0 Å². The summed E-state index contributed by atoms with van der Waals surface area (Å²) < 4.78 is 0. The van der Waals surface area contributed by atoms with Crippen molar-refractivity contribution in [3.8, 4) is 5.75 Å². The number of benzene rings is 1. The predicted molar refractivity (Wildman–Crippen MR) is 28.1 cm³/mol. The largest absolute Gasteiger partial charge is 0.576 e. The minimum absolute atomic E-state index is 0.479. The van der Waals surface area contributed by atoms with Gasteiger partial charge in [0.25, 0.3) is 5.75 Å². The fraction of sp³-hybridized carbons (Fsp3) is 0. The third-order valence-electron chi connectivity index (χ3n) is 0.862. The lowest BCUT2D eigenvalue weighted by Crippen LogP contribution is -2.03. The SMILES string of the molecule is [O-][OH+]c1ccccc1. The molecular formula is C6H6O2. The zero-order valence-electron chi connectivity index (χ0n) is 4.24. The molecule has 2 nitrogen and oxygen atoms in total. The molecule has 1 aromatic rings. The first-order valence-corrected chi connectivity index (χ1v) is 2.32. The molecule has 0 aliphatic rings. The molecule has 0 heterocycles. The van der Waals surface area contributed by atoms with E-state index in [1.165, 1.54) is 0 Å². The van der Waals surface area contributed by atoms with Gasteiger partial charge in [0.2, 0.25) is 0 Å². The third kappa shape index (κ3) is 0.978. The molecule has 0 saturated carbocycles. The van der Waals surface area contributed by atoms with Crippen LogP contribution < -0.4 is 5.26 Å². The quantitative estimate of drug-likeness (QED) is 0.289. The summed E-state index contributed by atoms with van der Waals surface area (Å²) >= 11 is 0. The molecule has 8 heavy (non-hydrogen) atoms. The lowest BCUT2D eigenvalue weighted by Gasteiger charge is -1.98. The van der Waals surface area contributed by atoms with Crippen LogP contribution in [0.15, 0.2) is 30.3 Å². The molecular weight excluding hydrogens is 104 g/mol. The Bertz CT molecular complexity index is 148. The van der Waals surface area contributed by atoms with Crippen molar-refractivity contribution in [3.05, 3.63) is 30.3 Å². The van der Waals surface area contributed by atoms with Crippen LogP contribution in [-0.2, 0) is 0 Å². The van der Waals surface area contributed by atoms with Gasteiger partial charge in [-0.25, -0.2) is 0 Å². The second-order valence-corrected chi connectivity index (χ2v) is 1.43. The zero-order valence-corrected chi connectivity index (χ0v) is 4.24. The minimum atomic E-state index is 0.479. The van der Waals surface area contributed by atoms with Crippen molar-refractivity contribution in [1.29, 1.82) is 0 Å². The van der Waals surface area contributed by atoms with Crippen LogP contribution in [0.2, 0.25) is 0 Å². The molecule has 0 fully saturated rings. The van der Waals surface area contributed by atoms with E-state index in [2.05, 4.69) is 4.89 Å². The Labute approximate surface area is 47.3 Å². The maximum atomic E-state index is 9.76. The Kier molecular flexibility index (Phi) is 1.49. The van der Waals surface area contributed by atoms with Crippen LogP contribution in [0, 0.1) is 0 Å². The molecule has 2 heteroatoms. The highest BCUT2D eigenvalue weighted by molar-refractivity contribution is 5.18. The van der Waals surface area contributed by atoms with E-state index < -0.39 is 0 Å². The van der Waals surface area contributed by atoms with E-state index in [1.807, 2.05) is 6.07 Å². The molecule has 1 N–H and O–H groups in total. The maximum Gasteiger partial charge on any atom is 0.264 e. The van der Waals surface area contributed by atoms with Gasteiger partial charge in [0, 0.05) is 12.1 Å². The van der Waals surface area contributed by atoms with Crippen LogP contribution >= 0.6 is 0 Å². The van der Waals surface area contributed by atoms with Crippen LogP contribution in [0.5, 0.6) is 5.75 Å². The molecule has 0 spiro atoms. The van der Waals surface area contributed by atoms with Crippen molar-refractivity contribution in [1.82, 2.24) is 0 Å². The van der Waals surface area contributed by atoms with Gasteiger partial charge in [0.15, 0.2) is 0 Å². The van der Waals surface area contributed by atoms with Gasteiger partial charge in [-0.15, -0.1) is 0 Å². The number of hydrogen-bond acceptors (Lipinski definition) is 1. The zero-order chi connectivity index (χ0) is 5.82. The van der Waals surface area contributed by atoms with Crippen LogP contribution in [0.1, 0.15) is 0 Å². The van der Waals surface area contributed by atoms with Gasteiger partial charge in [-0.05, 0) is 0 Å². The molecule has 0 aliphatic carbocycles. The van der Waals surface area contributed by atoms with E-state index in [9.17, 15) is 5.26 Å². The molecule has 0 aromatic heterocycles. The molecule has 0 saturated heterocycles. The molecule has 0 atom stereocenters. The van der Waals surface area contributed by atoms with Gasteiger partial charge in [-0.3, -0.25) is 0 Å². The molecule has 42 valence electrons. The van der Waals surface area contributed by atoms with Gasteiger partial charge < -0.3 is 10.1 Å². The molecule has 0 aliphatic heterocycles. The van der Waals surface area contributed by atoms with Crippen LogP contribution in [0.4, 0.5) is 0 Å². The minimum Gasteiger partial charge on any atom is -0.576 e. The monoisotopic (exact) mass is 110 g/mol. The first-order chi connectivity index (χ1) is 3.93. The Morgan fingerprint density at radius 1 is 1.12 bits per heavy atom. The Balaban J connectivity index is 2.83. The van der Waals surface area contributed by atoms with Gasteiger partial charge in [0.05, 0.1) is 0 Å². The second kappa shape index (κ2) is 2.33. The molecule has 0 amide bonds. The van der Waals surface area contributed by atoms with E-state index in [0.29, 0.717) is 5.75 Å². The Morgan fingerprint density at radius 2 is 1.75 bits per heavy atom. The highest BCUT2D eigenvalue weighted by Crippen LogP contribution is 2.05. The lowest BCUT2D eigenvalue weighted by molar-refractivity contribution is -0.748. The summed E-state index contributed by atoms with van der Waals surface area (Å²) in [4.78, 5) is 2.72. The average molecular weight is 110 g/mol. The van der Waals surface area contributed by atoms with Crippen molar-refractivity contribution in [2.24, 2.45) is 0 Å². The fourth-order valence-electron chi connectivity index (χ4n) is 0.489.